The van der Waals surface area contributed by atoms with Crippen molar-refractivity contribution >= 4 is 5.91 Å². The number of rotatable bonds is 5. The van der Waals surface area contributed by atoms with E-state index in [-0.39, 0.29) is 17.3 Å². The lowest BCUT2D eigenvalue weighted by Gasteiger charge is -2.33. The Balaban J connectivity index is 2.18. The number of nitrogens with zero attached hydrogens (tertiary/aromatic N) is 1. The Labute approximate surface area is 123 Å². The maximum Gasteiger partial charge on any atom is 0.244 e. The number of carbonyl (C=O) groups is 1. The number of methoxy groups -OCH3 is 1. The lowest BCUT2D eigenvalue weighted by atomic mass is 9.97. The second-order valence-electron chi connectivity index (χ2n) is 7.48. The van der Waals surface area contributed by atoms with Gasteiger partial charge >= 0.3 is 0 Å². The molecule has 1 amide bonds. The minimum Gasteiger partial charge on any atom is -0.377 e. The summed E-state index contributed by atoms with van der Waals surface area (Å²) in [6.07, 6.45) is 5.47. The molecular weight excluding hydrogens is 252 g/mol. The summed E-state index contributed by atoms with van der Waals surface area (Å²) in [4.78, 5) is 15.0. The third-order valence-electron chi connectivity index (χ3n) is 4.74. The minimum atomic E-state index is -0.295. The van der Waals surface area contributed by atoms with Crippen LogP contribution >= 0.6 is 0 Å². The van der Waals surface area contributed by atoms with E-state index in [1.54, 1.807) is 7.11 Å². The molecule has 0 aromatic rings. The van der Waals surface area contributed by atoms with Crippen LogP contribution in [0, 0.1) is 5.92 Å². The molecule has 1 atom stereocenters. The Hall–Kier alpha value is -0.610. The first-order valence-corrected chi connectivity index (χ1v) is 7.94. The highest BCUT2D eigenvalue weighted by Gasteiger charge is 2.52. The van der Waals surface area contributed by atoms with Crippen molar-refractivity contribution in [3.8, 4) is 0 Å². The first-order valence-electron chi connectivity index (χ1n) is 7.94. The van der Waals surface area contributed by atoms with Gasteiger partial charge in [0, 0.05) is 7.11 Å². The fourth-order valence-corrected chi connectivity index (χ4v) is 3.50. The SMILES string of the molecule is COC(C)(C)CN1C(=O)C2(CCCC2)NC1CC(C)C. The van der Waals surface area contributed by atoms with Gasteiger partial charge in [-0.15, -0.1) is 0 Å². The topological polar surface area (TPSA) is 41.6 Å². The second-order valence-corrected chi connectivity index (χ2v) is 7.48. The quantitative estimate of drug-likeness (QED) is 0.842. The first-order chi connectivity index (χ1) is 9.30. The van der Waals surface area contributed by atoms with Gasteiger partial charge in [-0.25, -0.2) is 0 Å². The number of carbonyl (C=O) groups excluding carboxylic acids is 1. The molecule has 0 aromatic carbocycles. The van der Waals surface area contributed by atoms with Crippen LogP contribution in [0.1, 0.15) is 59.8 Å². The van der Waals surface area contributed by atoms with E-state index in [1.165, 1.54) is 0 Å². The van der Waals surface area contributed by atoms with Crippen molar-refractivity contribution in [3.05, 3.63) is 0 Å². The molecule has 1 aliphatic heterocycles. The van der Waals surface area contributed by atoms with Crippen LogP contribution in [-0.4, -0.2) is 41.8 Å². The zero-order chi connectivity index (χ0) is 15.0. The highest BCUT2D eigenvalue weighted by molar-refractivity contribution is 5.89. The first kappa shape index (κ1) is 15.8. The monoisotopic (exact) mass is 282 g/mol. The molecule has 1 spiro atoms. The Kier molecular flexibility index (Phi) is 4.45. The summed E-state index contributed by atoms with van der Waals surface area (Å²) in [5, 5.41) is 3.67. The minimum absolute atomic E-state index is 0.162. The van der Waals surface area contributed by atoms with Crippen LogP contribution < -0.4 is 5.32 Å². The van der Waals surface area contributed by atoms with Gasteiger partial charge in [-0.2, -0.15) is 0 Å². The summed E-state index contributed by atoms with van der Waals surface area (Å²) in [5.74, 6) is 0.871. The summed E-state index contributed by atoms with van der Waals surface area (Å²) in [6, 6.07) is 0. The van der Waals surface area contributed by atoms with Gasteiger partial charge in [-0.3, -0.25) is 10.1 Å². The van der Waals surface area contributed by atoms with Crippen molar-refractivity contribution in [2.75, 3.05) is 13.7 Å². The molecule has 20 heavy (non-hydrogen) atoms. The Morgan fingerprint density at radius 3 is 2.50 bits per heavy atom. The molecule has 4 heteroatoms. The maximum absolute atomic E-state index is 12.9. The summed E-state index contributed by atoms with van der Waals surface area (Å²) in [6.45, 7) is 9.18. The van der Waals surface area contributed by atoms with E-state index in [9.17, 15) is 4.79 Å². The van der Waals surface area contributed by atoms with Gasteiger partial charge < -0.3 is 9.64 Å². The zero-order valence-corrected chi connectivity index (χ0v) is 13.7. The Morgan fingerprint density at radius 2 is 2.00 bits per heavy atom. The van der Waals surface area contributed by atoms with E-state index in [1.807, 2.05) is 18.7 Å². The summed E-state index contributed by atoms with van der Waals surface area (Å²) >= 11 is 0. The van der Waals surface area contributed by atoms with Crippen LogP contribution in [0.3, 0.4) is 0 Å². The molecule has 0 bridgehead atoms. The van der Waals surface area contributed by atoms with E-state index in [4.69, 9.17) is 4.74 Å². The van der Waals surface area contributed by atoms with Crippen LogP contribution in [0.15, 0.2) is 0 Å². The fraction of sp³-hybridized carbons (Fsp3) is 0.938. The average molecular weight is 282 g/mol. The van der Waals surface area contributed by atoms with E-state index in [0.29, 0.717) is 18.4 Å². The highest BCUT2D eigenvalue weighted by Crippen LogP contribution is 2.38. The molecule has 1 N–H and O–H groups in total. The predicted octanol–water partition coefficient (Wildman–Crippen LogP) is 2.53. The summed E-state index contributed by atoms with van der Waals surface area (Å²) in [5.41, 5.74) is -0.569. The lowest BCUT2D eigenvalue weighted by Crippen LogP contribution is -2.47. The maximum atomic E-state index is 12.9. The molecule has 116 valence electrons. The lowest BCUT2D eigenvalue weighted by molar-refractivity contribution is -0.136. The van der Waals surface area contributed by atoms with Gasteiger partial charge in [-0.05, 0) is 39.0 Å². The number of hydrogen-bond acceptors (Lipinski definition) is 3. The van der Waals surface area contributed by atoms with Crippen molar-refractivity contribution < 1.29 is 9.53 Å². The molecule has 4 nitrogen and oxygen atoms in total. The molecule has 0 aromatic heterocycles. The van der Waals surface area contributed by atoms with Crippen LogP contribution in [0.4, 0.5) is 0 Å². The third-order valence-corrected chi connectivity index (χ3v) is 4.74. The smallest absolute Gasteiger partial charge is 0.244 e. The molecule has 1 unspecified atom stereocenters. The standard InChI is InChI=1S/C16H30N2O2/c1-12(2)10-13-17-16(8-6-7-9-16)14(19)18(13)11-15(3,4)20-5/h12-13,17H,6-11H2,1-5H3. The number of hydrogen-bond donors (Lipinski definition) is 1. The molecule has 1 aliphatic carbocycles. The summed E-state index contributed by atoms with van der Waals surface area (Å²) in [7, 11) is 1.72. The molecule has 1 saturated heterocycles. The molecule has 2 fully saturated rings. The van der Waals surface area contributed by atoms with Crippen LogP contribution in [0.5, 0.6) is 0 Å². The molecule has 1 saturated carbocycles. The van der Waals surface area contributed by atoms with Crippen LogP contribution in [0.25, 0.3) is 0 Å². The van der Waals surface area contributed by atoms with E-state index >= 15 is 0 Å². The molecule has 2 aliphatic rings. The van der Waals surface area contributed by atoms with Gasteiger partial charge in [0.25, 0.3) is 0 Å². The fourth-order valence-electron chi connectivity index (χ4n) is 3.50. The van der Waals surface area contributed by atoms with Gasteiger partial charge in [0.15, 0.2) is 0 Å². The number of nitrogens with one attached hydrogen (secondary N) is 1. The molecule has 1 heterocycles. The molecular formula is C16H30N2O2. The van der Waals surface area contributed by atoms with Crippen LogP contribution in [-0.2, 0) is 9.53 Å². The largest absolute Gasteiger partial charge is 0.377 e. The number of ether oxygens (including phenoxy) is 1. The predicted molar refractivity (Wildman–Crippen MR) is 80.4 cm³/mol. The van der Waals surface area contributed by atoms with Gasteiger partial charge in [-0.1, -0.05) is 26.7 Å². The van der Waals surface area contributed by atoms with Crippen molar-refractivity contribution in [2.24, 2.45) is 5.92 Å². The van der Waals surface area contributed by atoms with E-state index < -0.39 is 0 Å². The Morgan fingerprint density at radius 1 is 1.40 bits per heavy atom. The second kappa shape index (κ2) is 5.64. The summed E-state index contributed by atoms with van der Waals surface area (Å²) < 4.78 is 5.53. The zero-order valence-electron chi connectivity index (χ0n) is 13.7. The normalized spacial score (nSPS) is 26.2. The van der Waals surface area contributed by atoms with E-state index in [2.05, 4.69) is 19.2 Å². The van der Waals surface area contributed by atoms with Crippen molar-refractivity contribution in [2.45, 2.75) is 77.1 Å². The van der Waals surface area contributed by atoms with E-state index in [0.717, 1.165) is 32.1 Å². The van der Waals surface area contributed by atoms with Gasteiger partial charge in [0.1, 0.15) is 0 Å². The average Bonchev–Trinajstić information content (AvgIpc) is 2.91. The van der Waals surface area contributed by atoms with Crippen LogP contribution in [0.2, 0.25) is 0 Å². The van der Waals surface area contributed by atoms with Crippen molar-refractivity contribution in [1.82, 2.24) is 10.2 Å². The number of amides is 1. The third kappa shape index (κ3) is 3.01. The molecule has 0 radical (unpaired) electrons. The van der Waals surface area contributed by atoms with Crippen molar-refractivity contribution in [1.29, 1.82) is 0 Å². The molecule has 2 rings (SSSR count). The Bertz CT molecular complexity index is 359. The highest BCUT2D eigenvalue weighted by atomic mass is 16.5. The van der Waals surface area contributed by atoms with Crippen molar-refractivity contribution in [3.63, 3.8) is 0 Å². The van der Waals surface area contributed by atoms with Gasteiger partial charge in [0.05, 0.1) is 23.9 Å². The van der Waals surface area contributed by atoms with Gasteiger partial charge in [0.2, 0.25) is 5.91 Å².